The molecule has 1 heterocycles. The van der Waals surface area contributed by atoms with Crippen molar-refractivity contribution in [2.75, 3.05) is 14.1 Å². The summed E-state index contributed by atoms with van der Waals surface area (Å²) in [6.45, 7) is 0.350. The van der Waals surface area contributed by atoms with E-state index in [0.29, 0.717) is 10.8 Å². The Morgan fingerprint density at radius 1 is 0.590 bits per heavy atom. The van der Waals surface area contributed by atoms with Gasteiger partial charge in [0.05, 0.1) is 15.2 Å². The van der Waals surface area contributed by atoms with Gasteiger partial charge in [-0.3, -0.25) is 0 Å². The van der Waals surface area contributed by atoms with Crippen LogP contribution in [-0.4, -0.2) is 39.5 Å². The first-order chi connectivity index (χ1) is 18.6. The van der Waals surface area contributed by atoms with Crippen LogP contribution in [0, 0.1) is 0 Å². The molecule has 5 rings (SSSR count). The van der Waals surface area contributed by atoms with E-state index >= 15 is 0 Å². The zero-order valence-corrected chi connectivity index (χ0v) is 22.9. The fourth-order valence-corrected chi connectivity index (χ4v) is 6.78. The number of benzene rings is 4. The fraction of sp³-hybridized carbons (Fsp3) is 0.138. The van der Waals surface area contributed by atoms with E-state index in [-0.39, 0.29) is 33.8 Å². The van der Waals surface area contributed by atoms with Gasteiger partial charge in [0.15, 0.2) is 0 Å². The van der Waals surface area contributed by atoms with Crippen LogP contribution in [0.3, 0.4) is 0 Å². The van der Waals surface area contributed by atoms with Crippen molar-refractivity contribution in [1.82, 2.24) is 8.61 Å². The van der Waals surface area contributed by atoms with Crippen LogP contribution in [0.1, 0.15) is 11.1 Å². The summed E-state index contributed by atoms with van der Waals surface area (Å²) in [4.78, 5) is 12.9. The third kappa shape index (κ3) is 5.24. The van der Waals surface area contributed by atoms with Crippen molar-refractivity contribution in [3.8, 4) is 0 Å². The van der Waals surface area contributed by atoms with Crippen molar-refractivity contribution in [3.63, 3.8) is 0 Å². The van der Waals surface area contributed by atoms with Crippen LogP contribution in [0.2, 0.25) is 0 Å². The van der Waals surface area contributed by atoms with Gasteiger partial charge in [-0.15, -0.1) is 0 Å². The predicted octanol–water partition coefficient (Wildman–Crippen LogP) is 4.59. The van der Waals surface area contributed by atoms with Crippen LogP contribution in [0.15, 0.2) is 116 Å². The lowest BCUT2D eigenvalue weighted by Gasteiger charge is -2.18. The largest absolute Gasteiger partial charge is 0.422 e. The van der Waals surface area contributed by atoms with E-state index in [1.54, 1.807) is 12.1 Å². The second-order valence-corrected chi connectivity index (χ2v) is 13.3. The van der Waals surface area contributed by atoms with Crippen LogP contribution in [-0.2, 0) is 33.1 Å². The molecule has 0 fully saturated rings. The SMILES string of the molecule is CN(Cc1ccccc1)S(=O)(=O)c1ccc2c(c1)oc(=O)c1cc(S(=O)(=O)N(C)Cc3ccccc3)ccc12. The van der Waals surface area contributed by atoms with E-state index in [0.717, 1.165) is 11.1 Å². The highest BCUT2D eigenvalue weighted by Crippen LogP contribution is 2.29. The van der Waals surface area contributed by atoms with Gasteiger partial charge in [-0.2, -0.15) is 8.61 Å². The van der Waals surface area contributed by atoms with Gasteiger partial charge >= 0.3 is 5.63 Å². The fourth-order valence-electron chi connectivity index (χ4n) is 4.42. The summed E-state index contributed by atoms with van der Waals surface area (Å²) in [7, 11) is -4.80. The van der Waals surface area contributed by atoms with Crippen LogP contribution < -0.4 is 5.63 Å². The summed E-state index contributed by atoms with van der Waals surface area (Å²) in [6, 6.07) is 27.0. The van der Waals surface area contributed by atoms with Crippen LogP contribution in [0.4, 0.5) is 0 Å². The Balaban J connectivity index is 1.50. The summed E-state index contributed by atoms with van der Waals surface area (Å²) in [5, 5.41) is 1.05. The number of hydrogen-bond donors (Lipinski definition) is 0. The number of hydrogen-bond acceptors (Lipinski definition) is 6. The average Bonchev–Trinajstić information content (AvgIpc) is 2.93. The average molecular weight is 563 g/mol. The molecule has 200 valence electrons. The van der Waals surface area contributed by atoms with Gasteiger partial charge in [0.2, 0.25) is 20.0 Å². The Labute approximate surface area is 226 Å². The van der Waals surface area contributed by atoms with Gasteiger partial charge in [-0.1, -0.05) is 66.7 Å². The maximum Gasteiger partial charge on any atom is 0.344 e. The van der Waals surface area contributed by atoms with Gasteiger partial charge in [0, 0.05) is 44.0 Å². The van der Waals surface area contributed by atoms with E-state index < -0.39 is 25.7 Å². The van der Waals surface area contributed by atoms with Gasteiger partial charge in [-0.05, 0) is 35.4 Å². The molecule has 5 aromatic rings. The summed E-state index contributed by atoms with van der Waals surface area (Å²) in [5.74, 6) is 0. The third-order valence-electron chi connectivity index (χ3n) is 6.57. The lowest BCUT2D eigenvalue weighted by atomic mass is 10.1. The zero-order valence-electron chi connectivity index (χ0n) is 21.3. The maximum atomic E-state index is 13.2. The summed E-state index contributed by atoms with van der Waals surface area (Å²) >= 11 is 0. The van der Waals surface area contributed by atoms with E-state index in [4.69, 9.17) is 4.42 Å². The van der Waals surface area contributed by atoms with Crippen molar-refractivity contribution in [2.45, 2.75) is 22.9 Å². The standard InChI is InChI=1S/C29H26N2O6S2/c1-30(19-21-9-5-3-6-10-21)38(33,34)23-13-15-25-26-16-14-24(18-28(26)37-29(32)27(25)17-23)39(35,36)31(2)20-22-11-7-4-8-12-22/h3-18H,19-20H2,1-2H3. The lowest BCUT2D eigenvalue weighted by Crippen LogP contribution is -2.26. The minimum atomic E-state index is -3.89. The molecule has 0 aliphatic rings. The van der Waals surface area contributed by atoms with E-state index in [1.807, 2.05) is 60.7 Å². The highest BCUT2D eigenvalue weighted by atomic mass is 32.2. The molecule has 0 amide bonds. The van der Waals surface area contributed by atoms with E-state index in [9.17, 15) is 21.6 Å². The molecule has 10 heteroatoms. The molecule has 0 unspecified atom stereocenters. The van der Waals surface area contributed by atoms with Crippen molar-refractivity contribution >= 4 is 41.8 Å². The van der Waals surface area contributed by atoms with Crippen molar-refractivity contribution in [3.05, 3.63) is 119 Å². The monoisotopic (exact) mass is 562 g/mol. The Morgan fingerprint density at radius 2 is 1.05 bits per heavy atom. The highest BCUT2D eigenvalue weighted by molar-refractivity contribution is 7.89. The third-order valence-corrected chi connectivity index (χ3v) is 10.2. The van der Waals surface area contributed by atoms with E-state index in [1.165, 1.54) is 47.0 Å². The minimum absolute atomic E-state index is 0.0161. The smallest absolute Gasteiger partial charge is 0.344 e. The number of fused-ring (bicyclic) bond motifs is 3. The molecule has 8 nitrogen and oxygen atoms in total. The quantitative estimate of drug-likeness (QED) is 0.202. The van der Waals surface area contributed by atoms with Crippen molar-refractivity contribution < 1.29 is 21.3 Å². The van der Waals surface area contributed by atoms with Crippen molar-refractivity contribution in [2.24, 2.45) is 0 Å². The first kappa shape index (κ1) is 26.8. The minimum Gasteiger partial charge on any atom is -0.422 e. The summed E-state index contributed by atoms with van der Waals surface area (Å²) in [6.07, 6.45) is 0. The normalized spacial score (nSPS) is 12.5. The molecule has 0 saturated heterocycles. The van der Waals surface area contributed by atoms with E-state index in [2.05, 4.69) is 0 Å². The molecule has 0 radical (unpaired) electrons. The van der Waals surface area contributed by atoms with Gasteiger partial charge < -0.3 is 4.42 Å². The van der Waals surface area contributed by atoms with Crippen LogP contribution in [0.25, 0.3) is 21.7 Å². The highest BCUT2D eigenvalue weighted by Gasteiger charge is 2.24. The molecule has 0 aliphatic carbocycles. The molecule has 0 N–H and O–H groups in total. The van der Waals surface area contributed by atoms with Gasteiger partial charge in [0.25, 0.3) is 0 Å². The van der Waals surface area contributed by atoms with Gasteiger partial charge in [0.1, 0.15) is 5.58 Å². The zero-order chi connectivity index (χ0) is 27.8. The molecule has 0 bridgehead atoms. The number of sulfonamides is 2. The Kier molecular flexibility index (Phi) is 7.13. The Hall–Kier alpha value is -3.83. The molecule has 0 aliphatic heterocycles. The van der Waals surface area contributed by atoms with Crippen LogP contribution in [0.5, 0.6) is 0 Å². The summed E-state index contributed by atoms with van der Waals surface area (Å²) < 4.78 is 60.8. The second kappa shape index (κ2) is 10.4. The number of rotatable bonds is 8. The molecule has 39 heavy (non-hydrogen) atoms. The topological polar surface area (TPSA) is 105 Å². The number of nitrogens with zero attached hydrogens (tertiary/aromatic N) is 2. The maximum absolute atomic E-state index is 13.2. The predicted molar refractivity (Wildman–Crippen MR) is 150 cm³/mol. The molecular weight excluding hydrogens is 536 g/mol. The molecule has 0 saturated carbocycles. The molecule has 4 aromatic carbocycles. The molecule has 1 aromatic heterocycles. The van der Waals surface area contributed by atoms with Crippen molar-refractivity contribution in [1.29, 1.82) is 0 Å². The molecular formula is C29H26N2O6S2. The lowest BCUT2D eigenvalue weighted by molar-refractivity contribution is 0.466. The second-order valence-electron chi connectivity index (χ2n) is 9.25. The first-order valence-electron chi connectivity index (χ1n) is 12.1. The Bertz CT molecular complexity index is 1940. The Morgan fingerprint density at radius 3 is 1.56 bits per heavy atom. The summed E-state index contributed by atoms with van der Waals surface area (Å²) in [5.41, 5.74) is 1.00. The van der Waals surface area contributed by atoms with Gasteiger partial charge in [-0.25, -0.2) is 21.6 Å². The first-order valence-corrected chi connectivity index (χ1v) is 15.0. The molecule has 0 atom stereocenters. The van der Waals surface area contributed by atoms with Crippen LogP contribution >= 0.6 is 0 Å². The molecule has 0 spiro atoms.